The van der Waals surface area contributed by atoms with E-state index in [0.29, 0.717) is 23.1 Å². The van der Waals surface area contributed by atoms with Crippen LogP contribution in [0.15, 0.2) is 18.3 Å². The van der Waals surface area contributed by atoms with E-state index in [1.165, 1.54) is 6.07 Å². The Balaban J connectivity index is 1.84. The van der Waals surface area contributed by atoms with Crippen molar-refractivity contribution in [3.05, 3.63) is 40.4 Å². The molecule has 0 spiro atoms. The Hall–Kier alpha value is -2.09. The van der Waals surface area contributed by atoms with Gasteiger partial charge in [0.1, 0.15) is 10.8 Å². The first kappa shape index (κ1) is 18.7. The van der Waals surface area contributed by atoms with Crippen LogP contribution < -0.4 is 9.64 Å². The minimum absolute atomic E-state index is 0.108. The van der Waals surface area contributed by atoms with Gasteiger partial charge in [-0.25, -0.2) is 15.0 Å². The highest BCUT2D eigenvalue weighted by Gasteiger charge is 2.60. The predicted octanol–water partition coefficient (Wildman–Crippen LogP) is 4.42. The van der Waals surface area contributed by atoms with Gasteiger partial charge in [-0.3, -0.25) is 0 Å². The molecule has 1 aliphatic rings. The van der Waals surface area contributed by atoms with E-state index in [2.05, 4.69) is 15.0 Å². The largest absolute Gasteiger partial charge is 0.451 e. The Bertz CT molecular complexity index is 824. The standard InChI is InChI=1S/C17H18ClF3N4O/c1-5-11-13(18)14(24-9(2)23-11)25-15(16(25,3)4)26-12-7-6-10(8-22-12)17(19,20)21/h6-8,15H,5H2,1-4H3. The summed E-state index contributed by atoms with van der Waals surface area (Å²) in [5.74, 6) is 1.25. The van der Waals surface area contributed by atoms with Crippen LogP contribution in [0.2, 0.25) is 5.02 Å². The zero-order chi connectivity index (χ0) is 19.3. The molecule has 5 nitrogen and oxygen atoms in total. The van der Waals surface area contributed by atoms with E-state index in [1.807, 2.05) is 25.7 Å². The van der Waals surface area contributed by atoms with E-state index in [9.17, 15) is 13.2 Å². The topological polar surface area (TPSA) is 50.9 Å². The molecule has 2 aromatic rings. The van der Waals surface area contributed by atoms with Gasteiger partial charge >= 0.3 is 6.18 Å². The molecule has 0 radical (unpaired) electrons. The van der Waals surface area contributed by atoms with Crippen LogP contribution in [-0.4, -0.2) is 26.7 Å². The van der Waals surface area contributed by atoms with Crippen molar-refractivity contribution in [2.45, 2.75) is 52.1 Å². The maximum absolute atomic E-state index is 12.6. The predicted molar refractivity (Wildman–Crippen MR) is 91.4 cm³/mol. The third kappa shape index (κ3) is 3.30. The molecule has 26 heavy (non-hydrogen) atoms. The van der Waals surface area contributed by atoms with Gasteiger partial charge in [0.2, 0.25) is 5.88 Å². The second-order valence-corrected chi connectivity index (χ2v) is 6.96. The number of hydrogen-bond donors (Lipinski definition) is 0. The zero-order valence-corrected chi connectivity index (χ0v) is 15.5. The number of pyridine rings is 1. The molecule has 0 saturated carbocycles. The fraction of sp³-hybridized carbons (Fsp3) is 0.471. The van der Waals surface area contributed by atoms with Crippen molar-refractivity contribution in [3.63, 3.8) is 0 Å². The summed E-state index contributed by atoms with van der Waals surface area (Å²) < 4.78 is 43.7. The van der Waals surface area contributed by atoms with Crippen molar-refractivity contribution in [1.82, 2.24) is 15.0 Å². The fourth-order valence-electron chi connectivity index (χ4n) is 2.76. The van der Waals surface area contributed by atoms with Gasteiger partial charge in [-0.1, -0.05) is 18.5 Å². The number of hydrogen-bond acceptors (Lipinski definition) is 5. The number of aromatic nitrogens is 3. The van der Waals surface area contributed by atoms with Crippen LogP contribution in [0.3, 0.4) is 0 Å². The van der Waals surface area contributed by atoms with Crippen LogP contribution in [0, 0.1) is 6.92 Å². The highest BCUT2D eigenvalue weighted by molar-refractivity contribution is 6.33. The number of ether oxygens (including phenoxy) is 1. The first-order valence-corrected chi connectivity index (χ1v) is 8.45. The first-order chi connectivity index (χ1) is 12.1. The molecule has 1 saturated heterocycles. The lowest BCUT2D eigenvalue weighted by Gasteiger charge is -2.12. The van der Waals surface area contributed by atoms with Crippen molar-refractivity contribution >= 4 is 17.4 Å². The Labute approximate surface area is 154 Å². The Morgan fingerprint density at radius 2 is 1.96 bits per heavy atom. The summed E-state index contributed by atoms with van der Waals surface area (Å²) >= 11 is 6.42. The first-order valence-electron chi connectivity index (χ1n) is 8.08. The van der Waals surface area contributed by atoms with E-state index in [-0.39, 0.29) is 5.88 Å². The maximum Gasteiger partial charge on any atom is 0.417 e. The molecule has 140 valence electrons. The normalized spacial score (nSPS) is 18.8. The molecule has 0 aliphatic carbocycles. The second-order valence-electron chi connectivity index (χ2n) is 6.59. The summed E-state index contributed by atoms with van der Waals surface area (Å²) in [7, 11) is 0. The molecule has 3 heterocycles. The second kappa shape index (κ2) is 6.26. The summed E-state index contributed by atoms with van der Waals surface area (Å²) in [6.45, 7) is 7.59. The average Bonchev–Trinajstić information content (AvgIpc) is 3.09. The van der Waals surface area contributed by atoms with Crippen molar-refractivity contribution in [2.75, 3.05) is 4.90 Å². The third-order valence-corrected chi connectivity index (χ3v) is 4.65. The lowest BCUT2D eigenvalue weighted by molar-refractivity contribution is -0.137. The molecule has 1 atom stereocenters. The molecule has 0 amide bonds. The third-order valence-electron chi connectivity index (χ3n) is 4.27. The van der Waals surface area contributed by atoms with E-state index in [4.69, 9.17) is 16.3 Å². The van der Waals surface area contributed by atoms with E-state index < -0.39 is 23.5 Å². The van der Waals surface area contributed by atoms with Crippen molar-refractivity contribution in [2.24, 2.45) is 0 Å². The van der Waals surface area contributed by atoms with Gasteiger partial charge in [0.15, 0.2) is 12.0 Å². The molecule has 1 fully saturated rings. The maximum atomic E-state index is 12.6. The zero-order valence-electron chi connectivity index (χ0n) is 14.7. The molecule has 9 heteroatoms. The Morgan fingerprint density at radius 3 is 2.50 bits per heavy atom. The minimum Gasteiger partial charge on any atom is -0.451 e. The highest BCUT2D eigenvalue weighted by atomic mass is 35.5. The van der Waals surface area contributed by atoms with Crippen LogP contribution in [0.5, 0.6) is 5.88 Å². The average molecular weight is 387 g/mol. The summed E-state index contributed by atoms with van der Waals surface area (Å²) in [6.07, 6.45) is -3.45. The van der Waals surface area contributed by atoms with Crippen LogP contribution in [0.25, 0.3) is 0 Å². The van der Waals surface area contributed by atoms with Gasteiger partial charge in [-0.15, -0.1) is 0 Å². The van der Waals surface area contributed by atoms with Gasteiger partial charge in [-0.05, 0) is 33.3 Å². The molecule has 1 unspecified atom stereocenters. The highest BCUT2D eigenvalue weighted by Crippen LogP contribution is 2.47. The monoisotopic (exact) mass is 386 g/mol. The molecule has 0 bridgehead atoms. The summed E-state index contributed by atoms with van der Waals surface area (Å²) in [6, 6.07) is 2.15. The number of anilines is 1. The Kier molecular flexibility index (Phi) is 4.50. The molecule has 0 N–H and O–H groups in total. The number of nitrogens with zero attached hydrogens (tertiary/aromatic N) is 4. The molecular formula is C17H18ClF3N4O. The SMILES string of the molecule is CCc1nc(C)nc(N2C(Oc3ccc(C(F)(F)F)cn3)C2(C)C)c1Cl. The molecule has 1 aliphatic heterocycles. The fourth-order valence-corrected chi connectivity index (χ4v) is 3.07. The van der Waals surface area contributed by atoms with Gasteiger partial charge in [-0.2, -0.15) is 13.2 Å². The molecule has 2 aromatic heterocycles. The number of halogens is 4. The Morgan fingerprint density at radius 1 is 1.27 bits per heavy atom. The summed E-state index contributed by atoms with van der Waals surface area (Å²) in [4.78, 5) is 14.4. The lowest BCUT2D eigenvalue weighted by Crippen LogP contribution is -2.12. The van der Waals surface area contributed by atoms with Gasteiger partial charge < -0.3 is 9.64 Å². The van der Waals surface area contributed by atoms with Gasteiger partial charge in [0.05, 0.1) is 16.8 Å². The molecule has 3 rings (SSSR count). The van der Waals surface area contributed by atoms with Crippen LogP contribution in [0.1, 0.15) is 37.9 Å². The number of rotatable bonds is 4. The quantitative estimate of drug-likeness (QED) is 0.728. The number of aryl methyl sites for hydroxylation is 2. The van der Waals surface area contributed by atoms with Crippen molar-refractivity contribution in [3.8, 4) is 5.88 Å². The van der Waals surface area contributed by atoms with Gasteiger partial charge in [0, 0.05) is 12.3 Å². The smallest absolute Gasteiger partial charge is 0.417 e. The molecule has 0 aromatic carbocycles. The number of alkyl halides is 3. The van der Waals surface area contributed by atoms with Gasteiger partial charge in [0.25, 0.3) is 0 Å². The van der Waals surface area contributed by atoms with Crippen LogP contribution >= 0.6 is 11.6 Å². The summed E-state index contributed by atoms with van der Waals surface area (Å²) in [5.41, 5.74) is -0.512. The van der Waals surface area contributed by atoms with Crippen LogP contribution in [0.4, 0.5) is 19.0 Å². The summed E-state index contributed by atoms with van der Waals surface area (Å²) in [5, 5.41) is 0.456. The van der Waals surface area contributed by atoms with E-state index >= 15 is 0 Å². The van der Waals surface area contributed by atoms with Crippen molar-refractivity contribution < 1.29 is 17.9 Å². The van der Waals surface area contributed by atoms with Crippen molar-refractivity contribution in [1.29, 1.82) is 0 Å². The van der Waals surface area contributed by atoms with E-state index in [0.717, 1.165) is 18.0 Å². The minimum atomic E-state index is -4.43. The van der Waals surface area contributed by atoms with Crippen LogP contribution in [-0.2, 0) is 12.6 Å². The lowest BCUT2D eigenvalue weighted by atomic mass is 10.2. The van der Waals surface area contributed by atoms with E-state index in [1.54, 1.807) is 6.92 Å². The molecular weight excluding hydrogens is 369 g/mol.